The van der Waals surface area contributed by atoms with E-state index in [0.717, 1.165) is 18.2 Å². The number of halogens is 6. The van der Waals surface area contributed by atoms with E-state index in [1.807, 2.05) is 0 Å². The van der Waals surface area contributed by atoms with Gasteiger partial charge in [-0.25, -0.2) is 4.21 Å². The molecule has 0 aromatic heterocycles. The van der Waals surface area contributed by atoms with Crippen molar-refractivity contribution in [1.82, 2.24) is 0 Å². The summed E-state index contributed by atoms with van der Waals surface area (Å²) in [6.07, 6.45) is -11.5. The van der Waals surface area contributed by atoms with Crippen LogP contribution in [0.3, 0.4) is 0 Å². The molecule has 102 valence electrons. The van der Waals surface area contributed by atoms with Crippen LogP contribution in [-0.4, -0.2) is 21.0 Å². The summed E-state index contributed by atoms with van der Waals surface area (Å²) in [5, 5.41) is -0.640. The van der Waals surface area contributed by atoms with Gasteiger partial charge >= 0.3 is 12.3 Å². The molecular formula is C8H4ClF5O3S. The second-order valence-corrected chi connectivity index (χ2v) is 4.28. The zero-order valence-corrected chi connectivity index (χ0v) is 9.74. The summed E-state index contributed by atoms with van der Waals surface area (Å²) in [4.78, 5) is -0.786. The van der Waals surface area contributed by atoms with E-state index in [1.54, 1.807) is 0 Å². The summed E-state index contributed by atoms with van der Waals surface area (Å²) in [6.45, 7) is 0. The van der Waals surface area contributed by atoms with E-state index in [2.05, 4.69) is 4.74 Å². The average molecular weight is 311 g/mol. The van der Waals surface area contributed by atoms with Gasteiger partial charge in [0.2, 0.25) is 0 Å². The van der Waals surface area contributed by atoms with E-state index >= 15 is 0 Å². The van der Waals surface area contributed by atoms with Gasteiger partial charge in [0, 0.05) is 0 Å². The molecule has 0 heterocycles. The molecule has 0 fully saturated rings. The zero-order valence-electron chi connectivity index (χ0n) is 8.17. The minimum Gasteiger partial charge on any atom is -0.423 e. The molecule has 0 saturated carbocycles. The summed E-state index contributed by atoms with van der Waals surface area (Å²) in [5.41, 5.74) is 0. The number of alkyl halides is 5. The molecule has 1 aromatic carbocycles. The highest BCUT2D eigenvalue weighted by molar-refractivity contribution is 7.79. The van der Waals surface area contributed by atoms with Crippen molar-refractivity contribution < 1.29 is 35.5 Å². The van der Waals surface area contributed by atoms with Crippen LogP contribution >= 0.6 is 11.6 Å². The average Bonchev–Trinajstić information content (AvgIpc) is 2.18. The topological polar surface area (TPSA) is 46.5 Å². The van der Waals surface area contributed by atoms with Crippen molar-refractivity contribution in [2.24, 2.45) is 0 Å². The number of hydrogen-bond donors (Lipinski definition) is 1. The van der Waals surface area contributed by atoms with Gasteiger partial charge < -0.3 is 9.29 Å². The predicted octanol–water partition coefficient (Wildman–Crippen LogP) is 3.45. The Kier molecular flexibility index (Phi) is 4.19. The first-order valence-electron chi connectivity index (χ1n) is 4.09. The highest BCUT2D eigenvalue weighted by Crippen LogP contribution is 2.41. The lowest BCUT2D eigenvalue weighted by molar-refractivity contribution is -0.361. The molecule has 0 aliphatic carbocycles. The summed E-state index contributed by atoms with van der Waals surface area (Å²) in [6, 6.07) is 2.88. The quantitative estimate of drug-likeness (QED) is 0.687. The van der Waals surface area contributed by atoms with Crippen LogP contribution in [0.2, 0.25) is 5.02 Å². The van der Waals surface area contributed by atoms with Crippen LogP contribution in [-0.2, 0) is 11.1 Å². The molecule has 10 heteroatoms. The van der Waals surface area contributed by atoms with E-state index in [4.69, 9.17) is 16.2 Å². The van der Waals surface area contributed by atoms with Crippen LogP contribution in [0.5, 0.6) is 5.75 Å². The first-order chi connectivity index (χ1) is 8.06. The van der Waals surface area contributed by atoms with Gasteiger partial charge in [0.1, 0.15) is 4.90 Å². The lowest BCUT2D eigenvalue weighted by Crippen LogP contribution is -2.42. The van der Waals surface area contributed by atoms with E-state index in [-0.39, 0.29) is 0 Å². The van der Waals surface area contributed by atoms with Crippen molar-refractivity contribution in [2.45, 2.75) is 17.2 Å². The van der Waals surface area contributed by atoms with Crippen LogP contribution in [0.25, 0.3) is 0 Å². The molecule has 1 N–H and O–H groups in total. The van der Waals surface area contributed by atoms with Crippen molar-refractivity contribution in [1.29, 1.82) is 0 Å². The van der Waals surface area contributed by atoms with Gasteiger partial charge in [0.25, 0.3) is 0 Å². The number of ether oxygens (including phenoxy) is 1. The predicted molar refractivity (Wildman–Crippen MR) is 52.1 cm³/mol. The number of para-hydroxylation sites is 1. The summed E-state index contributed by atoms with van der Waals surface area (Å²) in [7, 11) is 0. The third kappa shape index (κ3) is 3.09. The molecule has 0 spiro atoms. The lowest BCUT2D eigenvalue weighted by atomic mass is 10.3. The molecule has 1 rings (SSSR count). The number of rotatable bonds is 3. The maximum Gasteiger partial charge on any atom is 0.499 e. The van der Waals surface area contributed by atoms with E-state index in [1.165, 1.54) is 0 Å². The summed E-state index contributed by atoms with van der Waals surface area (Å²) in [5.74, 6) is -1.19. The largest absolute Gasteiger partial charge is 0.499 e. The Hall–Kier alpha value is -0.930. The van der Waals surface area contributed by atoms with Crippen molar-refractivity contribution in [3.05, 3.63) is 23.2 Å². The van der Waals surface area contributed by atoms with Gasteiger partial charge in [0.05, 0.1) is 5.02 Å². The Balaban J connectivity index is 3.23. The molecule has 1 atom stereocenters. The molecular weight excluding hydrogens is 307 g/mol. The number of hydrogen-bond acceptors (Lipinski definition) is 2. The lowest BCUT2D eigenvalue weighted by Gasteiger charge is -2.21. The zero-order chi connectivity index (χ0) is 14.1. The Bertz CT molecular complexity index is 476. The SMILES string of the molecule is O=S(O)c1cccc(Cl)c1OC(F)(F)C(F)(F)F. The van der Waals surface area contributed by atoms with Gasteiger partial charge in [-0.3, -0.25) is 0 Å². The fraction of sp³-hybridized carbons (Fsp3) is 0.250. The second-order valence-electron chi connectivity index (χ2n) is 2.93. The fourth-order valence-corrected chi connectivity index (χ4v) is 1.69. The first kappa shape index (κ1) is 15.1. The molecule has 1 aromatic rings. The molecule has 0 aliphatic heterocycles. The van der Waals surface area contributed by atoms with Gasteiger partial charge in [-0.15, -0.1) is 0 Å². The minimum atomic E-state index is -5.97. The summed E-state index contributed by atoms with van der Waals surface area (Å²) >= 11 is 2.54. The molecule has 0 aliphatic rings. The van der Waals surface area contributed by atoms with Crippen molar-refractivity contribution >= 4 is 22.7 Å². The Morgan fingerprint density at radius 2 is 1.78 bits per heavy atom. The fourth-order valence-electron chi connectivity index (χ4n) is 0.912. The van der Waals surface area contributed by atoms with Crippen molar-refractivity contribution in [3.63, 3.8) is 0 Å². The minimum absolute atomic E-state index is 0.640. The maximum absolute atomic E-state index is 12.7. The molecule has 0 bridgehead atoms. The van der Waals surface area contributed by atoms with Crippen LogP contribution in [0.4, 0.5) is 22.0 Å². The monoisotopic (exact) mass is 310 g/mol. The summed E-state index contributed by atoms with van der Waals surface area (Å²) < 4.78 is 84.0. The van der Waals surface area contributed by atoms with Crippen LogP contribution in [0, 0.1) is 0 Å². The smallest absolute Gasteiger partial charge is 0.423 e. The van der Waals surface area contributed by atoms with Gasteiger partial charge in [-0.2, -0.15) is 22.0 Å². The molecule has 18 heavy (non-hydrogen) atoms. The highest BCUT2D eigenvalue weighted by atomic mass is 35.5. The second kappa shape index (κ2) is 4.98. The highest BCUT2D eigenvalue weighted by Gasteiger charge is 2.61. The van der Waals surface area contributed by atoms with E-state index in [9.17, 15) is 26.2 Å². The van der Waals surface area contributed by atoms with Crippen molar-refractivity contribution in [2.75, 3.05) is 0 Å². The molecule has 0 saturated heterocycles. The molecule has 3 nitrogen and oxygen atoms in total. The first-order valence-corrected chi connectivity index (χ1v) is 5.57. The standard InChI is InChI=1S/C8H4ClF5O3S/c9-4-2-1-3-5(18(15)16)6(4)17-8(13,14)7(10,11)12/h1-3H,(H,15,16). The third-order valence-electron chi connectivity index (χ3n) is 1.68. The van der Waals surface area contributed by atoms with Gasteiger partial charge in [0.15, 0.2) is 16.8 Å². The van der Waals surface area contributed by atoms with Gasteiger partial charge in [-0.1, -0.05) is 17.7 Å². The van der Waals surface area contributed by atoms with Crippen LogP contribution < -0.4 is 4.74 Å². The molecule has 0 radical (unpaired) electrons. The third-order valence-corrected chi connectivity index (χ3v) is 2.67. The molecule has 0 amide bonds. The van der Waals surface area contributed by atoms with E-state index in [0.29, 0.717) is 0 Å². The Morgan fingerprint density at radius 3 is 2.22 bits per heavy atom. The van der Waals surface area contributed by atoms with Crippen LogP contribution in [0.1, 0.15) is 0 Å². The van der Waals surface area contributed by atoms with Gasteiger partial charge in [-0.05, 0) is 12.1 Å². The van der Waals surface area contributed by atoms with E-state index < -0.39 is 39.0 Å². The molecule has 1 unspecified atom stereocenters. The van der Waals surface area contributed by atoms with Crippen molar-refractivity contribution in [3.8, 4) is 5.75 Å². The maximum atomic E-state index is 12.7. The number of benzene rings is 1. The normalized spacial score (nSPS) is 14.4. The Labute approximate surface area is 105 Å². The van der Waals surface area contributed by atoms with Crippen LogP contribution in [0.15, 0.2) is 23.1 Å². The Morgan fingerprint density at radius 1 is 1.22 bits per heavy atom.